The number of aliphatic imine (C=N–C) groups is 1. The van der Waals surface area contributed by atoms with E-state index in [1.807, 2.05) is 37.3 Å². The number of benzene rings is 2. The minimum Gasteiger partial charge on any atom is -0.444 e. The fraction of sp³-hybridized carbons (Fsp3) is 0.462. The SMILES string of the molecule is Cc1cc(NC(=O)c2ccc3c(c2)CN(C(=BOC#N)NC(=O)OC(C)(C)C)C3)ccc1C1=CCN(/C(=N\C(=O)OC(C)(C)C)NC(=O)OC(C)(C)C)CC1. The van der Waals surface area contributed by atoms with Crippen molar-refractivity contribution < 1.29 is 38.0 Å². The first-order valence-electron chi connectivity index (χ1n) is 17.9. The summed E-state index contributed by atoms with van der Waals surface area (Å²) in [5, 5.41) is 17.2. The number of anilines is 1. The van der Waals surface area contributed by atoms with Crippen LogP contribution in [0.15, 0.2) is 47.5 Å². The van der Waals surface area contributed by atoms with E-state index in [0.29, 0.717) is 43.9 Å². The van der Waals surface area contributed by atoms with Gasteiger partial charge >= 0.3 is 199 Å². The Hall–Kier alpha value is -5.85. The van der Waals surface area contributed by atoms with Gasteiger partial charge in [-0.05, 0) is 53.5 Å². The normalized spacial score (nSPS) is 14.7. The predicted octanol–water partition coefficient (Wildman–Crippen LogP) is 6.20. The van der Waals surface area contributed by atoms with Crippen LogP contribution < -0.4 is 16.0 Å². The molecule has 0 bridgehead atoms. The summed E-state index contributed by atoms with van der Waals surface area (Å²) in [6, 6.07) is 11.1. The monoisotopic (exact) mass is 755 g/mol. The Morgan fingerprint density at radius 2 is 1.45 bits per heavy atom. The number of fused-ring (bicyclic) bond motifs is 1. The molecule has 0 fully saturated rings. The number of nitriles is 1. The first-order chi connectivity index (χ1) is 25.6. The molecule has 0 spiro atoms. The first-order valence-corrected chi connectivity index (χ1v) is 17.9. The molecule has 2 aliphatic rings. The standard InChI is InChI=1S/C39H50BN7O8/c1-24-19-29(42-31(48)26-11-12-27-21-47(22-28(27)20-26)32(40-52-23-41)43-34(49)53-37(2,3)4)13-14-30(24)25-15-17-46(18-16-25)33(44-35(50)54-38(5,6)7)45-36(51)55-39(8,9)10/h11-15,19-20H,16-18,21-22H2,1-10H3,(H,42,48)(H,43,49)(H,44,45,50,51). The van der Waals surface area contributed by atoms with Gasteiger partial charge in [0.1, 0.15) is 11.2 Å². The van der Waals surface area contributed by atoms with E-state index in [0.717, 1.165) is 35.0 Å². The van der Waals surface area contributed by atoms with Crippen LogP contribution in [0.2, 0.25) is 0 Å². The van der Waals surface area contributed by atoms with Crippen LogP contribution in [0.1, 0.15) is 101 Å². The van der Waals surface area contributed by atoms with Gasteiger partial charge in [-0.1, -0.05) is 6.08 Å². The maximum atomic E-state index is 13.4. The van der Waals surface area contributed by atoms with Gasteiger partial charge in [-0.3, -0.25) is 5.32 Å². The second kappa shape index (κ2) is 17.1. The van der Waals surface area contributed by atoms with Crippen LogP contribution in [-0.2, 0) is 32.0 Å². The van der Waals surface area contributed by atoms with E-state index in [-0.39, 0.29) is 17.6 Å². The second-order valence-corrected chi connectivity index (χ2v) is 16.1. The van der Waals surface area contributed by atoms with Crippen molar-refractivity contribution >= 4 is 54.2 Å². The quantitative estimate of drug-likeness (QED) is 0.100. The molecule has 0 aromatic heterocycles. The topological polar surface area (TPSA) is 184 Å². The Bertz CT molecular complexity index is 1950. The second-order valence-electron chi connectivity index (χ2n) is 16.1. The van der Waals surface area contributed by atoms with Gasteiger partial charge in [-0.25, -0.2) is 9.59 Å². The molecule has 0 radical (unpaired) electrons. The maximum absolute atomic E-state index is 13.4. The third kappa shape index (κ3) is 12.9. The van der Waals surface area contributed by atoms with E-state index in [1.54, 1.807) is 90.5 Å². The zero-order valence-corrected chi connectivity index (χ0v) is 33.2. The van der Waals surface area contributed by atoms with Crippen molar-refractivity contribution in [1.29, 1.82) is 5.26 Å². The zero-order chi connectivity index (χ0) is 40.7. The Morgan fingerprint density at radius 3 is 2.04 bits per heavy atom. The molecule has 0 saturated carbocycles. The molecule has 2 heterocycles. The van der Waals surface area contributed by atoms with Gasteiger partial charge in [-0.2, -0.15) is 0 Å². The molecule has 0 saturated heterocycles. The van der Waals surface area contributed by atoms with E-state index in [2.05, 4.69) is 20.9 Å². The molecule has 3 N–H and O–H groups in total. The van der Waals surface area contributed by atoms with Crippen LogP contribution in [0.25, 0.3) is 5.57 Å². The number of carbonyl (C=O) groups excluding carboxylic acids is 4. The molecule has 55 heavy (non-hydrogen) atoms. The minimum atomic E-state index is -0.829. The number of nitrogens with zero attached hydrogens (tertiary/aromatic N) is 4. The first kappa shape index (κ1) is 41.9. The van der Waals surface area contributed by atoms with Gasteiger partial charge in [0.05, 0.1) is 0 Å². The van der Waals surface area contributed by atoms with Crippen molar-refractivity contribution in [3.63, 3.8) is 0 Å². The van der Waals surface area contributed by atoms with Gasteiger partial charge in [0, 0.05) is 13.1 Å². The van der Waals surface area contributed by atoms with Crippen molar-refractivity contribution in [2.45, 2.75) is 106 Å². The van der Waals surface area contributed by atoms with E-state index in [4.69, 9.17) is 24.1 Å². The van der Waals surface area contributed by atoms with Gasteiger partial charge in [0.15, 0.2) is 0 Å². The number of guanidine groups is 1. The predicted molar refractivity (Wildman–Crippen MR) is 209 cm³/mol. The fourth-order valence-corrected chi connectivity index (χ4v) is 5.73. The molecule has 0 atom stereocenters. The Morgan fingerprint density at radius 1 is 0.818 bits per heavy atom. The third-order valence-corrected chi connectivity index (χ3v) is 7.93. The van der Waals surface area contributed by atoms with Crippen LogP contribution in [0.3, 0.4) is 0 Å². The Balaban J connectivity index is 1.43. The number of nitrogens with one attached hydrogen (secondary N) is 3. The molecule has 16 heteroatoms. The van der Waals surface area contributed by atoms with Gasteiger partial charge < -0.3 is 14.4 Å². The van der Waals surface area contributed by atoms with Crippen molar-refractivity contribution in [3.8, 4) is 6.26 Å². The summed E-state index contributed by atoms with van der Waals surface area (Å²) in [5.74, 6) is -0.249. The van der Waals surface area contributed by atoms with Crippen molar-refractivity contribution in [2.24, 2.45) is 4.99 Å². The zero-order valence-electron chi connectivity index (χ0n) is 33.2. The summed E-state index contributed by atoms with van der Waals surface area (Å²) in [6.45, 7) is 19.2. The molecule has 2 aromatic carbocycles. The summed E-state index contributed by atoms with van der Waals surface area (Å²) >= 11 is 0. The van der Waals surface area contributed by atoms with Crippen molar-refractivity contribution in [2.75, 3.05) is 18.4 Å². The number of ether oxygens (including phenoxy) is 3. The summed E-state index contributed by atoms with van der Waals surface area (Å²) < 4.78 is 20.9. The molecule has 2 aromatic rings. The fourth-order valence-electron chi connectivity index (χ4n) is 5.73. The van der Waals surface area contributed by atoms with Gasteiger partial charge in [0.25, 0.3) is 0 Å². The molecule has 2 aliphatic heterocycles. The Kier molecular flexibility index (Phi) is 13.0. The van der Waals surface area contributed by atoms with Crippen LogP contribution in [0, 0.1) is 18.4 Å². The number of hydrogen-bond donors (Lipinski definition) is 3. The minimum absolute atomic E-state index is 0.0373. The van der Waals surface area contributed by atoms with E-state index in [1.165, 1.54) is 0 Å². The van der Waals surface area contributed by atoms with Gasteiger partial charge in [-0.15, -0.1) is 4.99 Å². The van der Waals surface area contributed by atoms with Crippen LogP contribution >= 0.6 is 0 Å². The summed E-state index contributed by atoms with van der Waals surface area (Å²) in [6.07, 6.45) is 1.93. The average molecular weight is 756 g/mol. The van der Waals surface area contributed by atoms with Gasteiger partial charge in [0.2, 0.25) is 5.96 Å². The van der Waals surface area contributed by atoms with E-state index >= 15 is 0 Å². The molecule has 4 amide bonds. The third-order valence-electron chi connectivity index (χ3n) is 7.93. The molecule has 0 aliphatic carbocycles. The number of amides is 4. The molecule has 292 valence electrons. The van der Waals surface area contributed by atoms with Crippen molar-refractivity contribution in [1.82, 2.24) is 20.4 Å². The average Bonchev–Trinajstić information content (AvgIpc) is 3.47. The molecular weight excluding hydrogens is 705 g/mol. The number of carbonyl (C=O) groups is 4. The van der Waals surface area contributed by atoms with Crippen LogP contribution in [0.5, 0.6) is 0 Å². The number of hydrogen-bond acceptors (Lipinski definition) is 10. The molecule has 15 nitrogen and oxygen atoms in total. The van der Waals surface area contributed by atoms with E-state index in [9.17, 15) is 19.2 Å². The van der Waals surface area contributed by atoms with Crippen molar-refractivity contribution in [3.05, 3.63) is 70.3 Å². The number of rotatable bonds is 6. The summed E-state index contributed by atoms with van der Waals surface area (Å²) in [4.78, 5) is 58.7. The molecular formula is C39H50BN7O8. The molecule has 0 unspecified atom stereocenters. The Labute approximate surface area is 323 Å². The van der Waals surface area contributed by atoms with Crippen LogP contribution in [0.4, 0.5) is 20.1 Å². The number of alkyl carbamates (subject to hydrolysis) is 2. The smallest absolute Gasteiger partial charge is 0.444 e. The molecule has 4 rings (SSSR count). The summed E-state index contributed by atoms with van der Waals surface area (Å²) in [5.41, 5.74) is 3.97. The summed E-state index contributed by atoms with van der Waals surface area (Å²) in [7, 11) is 1.15. The van der Waals surface area contributed by atoms with Crippen LogP contribution in [-0.4, -0.2) is 82.7 Å². The van der Waals surface area contributed by atoms with E-state index < -0.39 is 35.1 Å². The number of aryl methyl sites for hydroxylation is 1.